The molecule has 0 fully saturated rings. The Morgan fingerprint density at radius 3 is 2.17 bits per heavy atom. The SMILES string of the molecule is O=C(O)Cc1ccc(CCCNS(=O)(=O)c2ccccc2)cc1. The van der Waals surface area contributed by atoms with Crippen molar-refractivity contribution in [2.45, 2.75) is 24.2 Å². The van der Waals surface area contributed by atoms with E-state index in [1.165, 1.54) is 0 Å². The lowest BCUT2D eigenvalue weighted by atomic mass is 10.1. The highest BCUT2D eigenvalue weighted by Gasteiger charge is 2.11. The van der Waals surface area contributed by atoms with Crippen LogP contribution in [-0.4, -0.2) is 26.0 Å². The molecule has 0 bridgehead atoms. The fourth-order valence-electron chi connectivity index (χ4n) is 2.18. The van der Waals surface area contributed by atoms with Crippen LogP contribution in [0.5, 0.6) is 0 Å². The Balaban J connectivity index is 1.80. The van der Waals surface area contributed by atoms with Crippen molar-refractivity contribution in [3.63, 3.8) is 0 Å². The fourth-order valence-corrected chi connectivity index (χ4v) is 3.28. The smallest absolute Gasteiger partial charge is 0.307 e. The first-order valence-corrected chi connectivity index (χ1v) is 8.80. The largest absolute Gasteiger partial charge is 0.481 e. The van der Waals surface area contributed by atoms with Crippen LogP contribution in [0.3, 0.4) is 0 Å². The Morgan fingerprint density at radius 2 is 1.57 bits per heavy atom. The standard InChI is InChI=1S/C17H19NO4S/c19-17(20)13-15-10-8-14(9-11-15)5-4-12-18-23(21,22)16-6-2-1-3-7-16/h1-3,6-11,18H,4-5,12-13H2,(H,19,20). The Kier molecular flexibility index (Phi) is 5.90. The molecule has 0 spiro atoms. The van der Waals surface area contributed by atoms with Crippen LogP contribution < -0.4 is 4.72 Å². The molecule has 0 aliphatic carbocycles. The summed E-state index contributed by atoms with van der Waals surface area (Å²) < 4.78 is 26.6. The highest BCUT2D eigenvalue weighted by molar-refractivity contribution is 7.89. The van der Waals surface area contributed by atoms with Crippen molar-refractivity contribution >= 4 is 16.0 Å². The number of hydrogen-bond donors (Lipinski definition) is 2. The van der Waals surface area contributed by atoms with Crippen molar-refractivity contribution in [2.24, 2.45) is 0 Å². The first-order valence-electron chi connectivity index (χ1n) is 7.32. The predicted molar refractivity (Wildman–Crippen MR) is 87.7 cm³/mol. The van der Waals surface area contributed by atoms with Gasteiger partial charge in [0.05, 0.1) is 11.3 Å². The Hall–Kier alpha value is -2.18. The predicted octanol–water partition coefficient (Wildman–Crippen LogP) is 2.22. The number of benzene rings is 2. The molecule has 0 aromatic heterocycles. The third-order valence-electron chi connectivity index (χ3n) is 3.37. The van der Waals surface area contributed by atoms with Gasteiger partial charge in [0.25, 0.3) is 0 Å². The van der Waals surface area contributed by atoms with Gasteiger partial charge in [-0.1, -0.05) is 42.5 Å². The molecule has 23 heavy (non-hydrogen) atoms. The molecule has 0 amide bonds. The maximum absolute atomic E-state index is 12.0. The van der Waals surface area contributed by atoms with Crippen LogP contribution in [-0.2, 0) is 27.7 Å². The average molecular weight is 333 g/mol. The number of carboxylic acid groups (broad SMARTS) is 1. The molecule has 0 saturated heterocycles. The monoisotopic (exact) mass is 333 g/mol. The third-order valence-corrected chi connectivity index (χ3v) is 4.84. The molecule has 0 aliphatic rings. The van der Waals surface area contributed by atoms with E-state index in [0.29, 0.717) is 13.0 Å². The van der Waals surface area contributed by atoms with Crippen LogP contribution in [0.2, 0.25) is 0 Å². The molecule has 0 heterocycles. The second kappa shape index (κ2) is 7.89. The van der Waals surface area contributed by atoms with Gasteiger partial charge in [0.15, 0.2) is 0 Å². The number of hydrogen-bond acceptors (Lipinski definition) is 3. The van der Waals surface area contributed by atoms with Gasteiger partial charge in [-0.3, -0.25) is 4.79 Å². The number of sulfonamides is 1. The van der Waals surface area contributed by atoms with Crippen LogP contribution in [0, 0.1) is 0 Å². The van der Waals surface area contributed by atoms with E-state index in [1.54, 1.807) is 42.5 Å². The maximum Gasteiger partial charge on any atom is 0.307 e. The van der Waals surface area contributed by atoms with Crippen molar-refractivity contribution in [1.82, 2.24) is 4.72 Å². The lowest BCUT2D eigenvalue weighted by Crippen LogP contribution is -2.25. The molecule has 0 saturated carbocycles. The summed E-state index contributed by atoms with van der Waals surface area (Å²) in [5, 5.41) is 8.71. The van der Waals surface area contributed by atoms with E-state index in [4.69, 9.17) is 5.11 Å². The Bertz CT molecular complexity index is 740. The van der Waals surface area contributed by atoms with Gasteiger partial charge in [0.2, 0.25) is 10.0 Å². The quantitative estimate of drug-likeness (QED) is 0.726. The molecule has 2 aromatic rings. The second-order valence-electron chi connectivity index (χ2n) is 5.20. The van der Waals surface area contributed by atoms with E-state index in [0.717, 1.165) is 17.5 Å². The summed E-state index contributed by atoms with van der Waals surface area (Å²) in [6.45, 7) is 0.355. The first kappa shape index (κ1) is 17.2. The minimum absolute atomic E-state index is 0.0111. The van der Waals surface area contributed by atoms with Crippen molar-refractivity contribution in [3.8, 4) is 0 Å². The molecule has 0 unspecified atom stereocenters. The average Bonchev–Trinajstić information content (AvgIpc) is 2.53. The highest BCUT2D eigenvalue weighted by atomic mass is 32.2. The van der Waals surface area contributed by atoms with Crippen molar-refractivity contribution in [2.75, 3.05) is 6.54 Å². The second-order valence-corrected chi connectivity index (χ2v) is 6.97. The van der Waals surface area contributed by atoms with Crippen LogP contribution >= 0.6 is 0 Å². The normalized spacial score (nSPS) is 11.3. The summed E-state index contributed by atoms with van der Waals surface area (Å²) in [6, 6.07) is 15.6. The molecule has 122 valence electrons. The molecular weight excluding hydrogens is 314 g/mol. The van der Waals surface area contributed by atoms with E-state index in [2.05, 4.69) is 4.72 Å². The molecule has 0 atom stereocenters. The van der Waals surface area contributed by atoms with Gasteiger partial charge in [-0.05, 0) is 36.1 Å². The summed E-state index contributed by atoms with van der Waals surface area (Å²) in [5.41, 5.74) is 1.81. The zero-order valence-corrected chi connectivity index (χ0v) is 13.4. The first-order chi connectivity index (χ1) is 11.0. The van der Waals surface area contributed by atoms with Crippen LogP contribution in [0.1, 0.15) is 17.5 Å². The van der Waals surface area contributed by atoms with Crippen LogP contribution in [0.15, 0.2) is 59.5 Å². The van der Waals surface area contributed by atoms with Crippen LogP contribution in [0.4, 0.5) is 0 Å². The van der Waals surface area contributed by atoms with Crippen molar-refractivity contribution in [3.05, 3.63) is 65.7 Å². The Labute approximate surface area is 136 Å². The molecule has 0 aliphatic heterocycles. The van der Waals surface area contributed by atoms with Gasteiger partial charge < -0.3 is 5.11 Å². The molecule has 5 nitrogen and oxygen atoms in total. The van der Waals surface area contributed by atoms with Gasteiger partial charge >= 0.3 is 5.97 Å². The minimum Gasteiger partial charge on any atom is -0.481 e. The van der Waals surface area contributed by atoms with Gasteiger partial charge in [-0.2, -0.15) is 0 Å². The molecule has 6 heteroatoms. The van der Waals surface area contributed by atoms with E-state index >= 15 is 0 Å². The summed E-state index contributed by atoms with van der Waals surface area (Å²) in [6.07, 6.45) is 1.41. The van der Waals surface area contributed by atoms with Gasteiger partial charge in [0, 0.05) is 6.54 Å². The summed E-state index contributed by atoms with van der Waals surface area (Å²) >= 11 is 0. The lowest BCUT2D eigenvalue weighted by molar-refractivity contribution is -0.136. The molecular formula is C17H19NO4S. The molecule has 2 rings (SSSR count). The number of nitrogens with one attached hydrogen (secondary N) is 1. The molecule has 2 aromatic carbocycles. The lowest BCUT2D eigenvalue weighted by Gasteiger charge is -2.07. The van der Waals surface area contributed by atoms with Gasteiger partial charge in [-0.15, -0.1) is 0 Å². The number of rotatable bonds is 8. The topological polar surface area (TPSA) is 83.5 Å². The zero-order chi connectivity index (χ0) is 16.7. The van der Waals surface area contributed by atoms with Gasteiger partial charge in [0.1, 0.15) is 0 Å². The van der Waals surface area contributed by atoms with E-state index in [-0.39, 0.29) is 11.3 Å². The fraction of sp³-hybridized carbons (Fsp3) is 0.235. The molecule has 0 radical (unpaired) electrons. The number of carboxylic acids is 1. The van der Waals surface area contributed by atoms with E-state index < -0.39 is 16.0 Å². The summed E-state index contributed by atoms with van der Waals surface area (Å²) in [5.74, 6) is -0.854. The zero-order valence-electron chi connectivity index (χ0n) is 12.6. The van der Waals surface area contributed by atoms with Crippen LogP contribution in [0.25, 0.3) is 0 Å². The number of carbonyl (C=O) groups is 1. The number of aliphatic carboxylic acids is 1. The van der Waals surface area contributed by atoms with Crippen molar-refractivity contribution in [1.29, 1.82) is 0 Å². The van der Waals surface area contributed by atoms with Crippen molar-refractivity contribution < 1.29 is 18.3 Å². The summed E-state index contributed by atoms with van der Waals surface area (Å²) in [7, 11) is -3.45. The maximum atomic E-state index is 12.0. The van der Waals surface area contributed by atoms with E-state index in [9.17, 15) is 13.2 Å². The minimum atomic E-state index is -3.45. The highest BCUT2D eigenvalue weighted by Crippen LogP contribution is 2.09. The Morgan fingerprint density at radius 1 is 0.957 bits per heavy atom. The summed E-state index contributed by atoms with van der Waals surface area (Å²) in [4.78, 5) is 10.9. The van der Waals surface area contributed by atoms with E-state index in [1.807, 2.05) is 12.1 Å². The number of aryl methyl sites for hydroxylation is 1. The van der Waals surface area contributed by atoms with Gasteiger partial charge in [-0.25, -0.2) is 13.1 Å². The third kappa shape index (κ3) is 5.50. The molecule has 2 N–H and O–H groups in total.